The lowest BCUT2D eigenvalue weighted by Crippen LogP contribution is -2.38. The summed E-state index contributed by atoms with van der Waals surface area (Å²) in [6, 6.07) is 17.0. The van der Waals surface area contributed by atoms with Crippen molar-refractivity contribution in [2.45, 2.75) is 32.6 Å². The van der Waals surface area contributed by atoms with Crippen molar-refractivity contribution in [3.8, 4) is 22.7 Å². The fraction of sp³-hybridized carbons (Fsp3) is 0.344. The van der Waals surface area contributed by atoms with E-state index in [4.69, 9.17) is 24.8 Å². The molecule has 0 atom stereocenters. The highest BCUT2D eigenvalue weighted by Crippen LogP contribution is 2.33. The lowest BCUT2D eigenvalue weighted by molar-refractivity contribution is -0.115. The maximum absolute atomic E-state index is 12.7. The third-order valence-electron chi connectivity index (χ3n) is 7.44. The molecule has 1 aliphatic heterocycles. The Hall–Kier alpha value is -4.81. The Bertz CT molecular complexity index is 1730. The summed E-state index contributed by atoms with van der Waals surface area (Å²) in [7, 11) is 0. The average Bonchev–Trinajstić information content (AvgIpc) is 3.65. The van der Waals surface area contributed by atoms with Gasteiger partial charge in [-0.3, -0.25) is 9.69 Å². The molecule has 5 aromatic rings. The highest BCUT2D eigenvalue weighted by molar-refractivity contribution is 5.99. The van der Waals surface area contributed by atoms with E-state index in [-0.39, 0.29) is 17.7 Å². The van der Waals surface area contributed by atoms with E-state index in [0.29, 0.717) is 40.5 Å². The van der Waals surface area contributed by atoms with E-state index in [2.05, 4.69) is 25.3 Å². The molecule has 4 heterocycles. The molecule has 0 aliphatic carbocycles. The molecule has 3 N–H and O–H groups in total. The maximum Gasteiger partial charge on any atom is 0.230 e. The quantitative estimate of drug-likeness (QED) is 0.253. The van der Waals surface area contributed by atoms with E-state index in [9.17, 15) is 4.79 Å². The van der Waals surface area contributed by atoms with Crippen LogP contribution in [0.25, 0.3) is 28.0 Å². The Kier molecular flexibility index (Phi) is 8.27. The van der Waals surface area contributed by atoms with E-state index in [1.807, 2.05) is 75.4 Å². The van der Waals surface area contributed by atoms with Crippen LogP contribution < -0.4 is 15.8 Å². The number of rotatable bonds is 9. The molecule has 228 valence electrons. The zero-order valence-electron chi connectivity index (χ0n) is 25.1. The van der Waals surface area contributed by atoms with Gasteiger partial charge in [-0.15, -0.1) is 0 Å². The third kappa shape index (κ3) is 6.56. The van der Waals surface area contributed by atoms with Crippen LogP contribution in [0.5, 0.6) is 5.75 Å². The molecular formula is C32H36N8O4. The number of nitrogens with one attached hydrogen (secondary N) is 1. The first-order chi connectivity index (χ1) is 21.2. The Morgan fingerprint density at radius 1 is 1.05 bits per heavy atom. The van der Waals surface area contributed by atoms with Gasteiger partial charge in [-0.2, -0.15) is 5.10 Å². The summed E-state index contributed by atoms with van der Waals surface area (Å²) in [5.74, 6) is 1.68. The highest BCUT2D eigenvalue weighted by Gasteiger charge is 2.21. The smallest absolute Gasteiger partial charge is 0.230 e. The second kappa shape index (κ2) is 12.4. The van der Waals surface area contributed by atoms with Crippen LogP contribution in [-0.4, -0.2) is 75.2 Å². The van der Waals surface area contributed by atoms with Crippen LogP contribution in [0.3, 0.4) is 0 Å². The Labute approximate surface area is 255 Å². The van der Waals surface area contributed by atoms with E-state index >= 15 is 0 Å². The molecule has 12 heteroatoms. The van der Waals surface area contributed by atoms with Crippen molar-refractivity contribution in [2.24, 2.45) is 0 Å². The number of morpholine rings is 1. The second-order valence-corrected chi connectivity index (χ2v) is 11.7. The topological polar surface area (TPSA) is 146 Å². The lowest BCUT2D eigenvalue weighted by Gasteiger charge is -2.26. The highest BCUT2D eigenvalue weighted by atomic mass is 16.5. The van der Waals surface area contributed by atoms with Gasteiger partial charge < -0.3 is 25.0 Å². The van der Waals surface area contributed by atoms with Gasteiger partial charge in [-0.1, -0.05) is 25.9 Å². The van der Waals surface area contributed by atoms with Crippen LogP contribution in [0.2, 0.25) is 0 Å². The number of carbonyl (C=O) groups is 1. The number of aromatic nitrogens is 5. The number of carbonyl (C=O) groups excluding carboxylic acids is 1. The molecule has 0 spiro atoms. The first kappa shape index (κ1) is 29.3. The SMILES string of the molecule is CC(C)(C)c1cc(CC(=O)Nc2ccc(-n3nc(-c4ccc(OCCN5CCOCC5)cc4)c4c(N)ncnc43)cc2)no1. The summed E-state index contributed by atoms with van der Waals surface area (Å²) in [6.07, 6.45) is 1.54. The van der Waals surface area contributed by atoms with E-state index in [1.54, 1.807) is 4.68 Å². The molecule has 0 unspecified atom stereocenters. The van der Waals surface area contributed by atoms with E-state index in [0.717, 1.165) is 55.6 Å². The second-order valence-electron chi connectivity index (χ2n) is 11.7. The molecule has 1 fully saturated rings. The molecule has 3 aromatic heterocycles. The Balaban J connectivity index is 1.16. The van der Waals surface area contributed by atoms with Gasteiger partial charge in [0.05, 0.1) is 36.4 Å². The van der Waals surface area contributed by atoms with Crippen LogP contribution >= 0.6 is 0 Å². The van der Waals surface area contributed by atoms with Gasteiger partial charge >= 0.3 is 0 Å². The monoisotopic (exact) mass is 596 g/mol. The predicted octanol–water partition coefficient (Wildman–Crippen LogP) is 4.24. The van der Waals surface area contributed by atoms with Gasteiger partial charge in [0.2, 0.25) is 5.91 Å². The zero-order chi connectivity index (χ0) is 30.7. The van der Waals surface area contributed by atoms with Crippen LogP contribution in [0.15, 0.2) is 65.4 Å². The maximum atomic E-state index is 12.7. The molecule has 0 saturated carbocycles. The number of benzene rings is 2. The number of fused-ring (bicyclic) bond motifs is 1. The fourth-order valence-electron chi connectivity index (χ4n) is 4.99. The van der Waals surface area contributed by atoms with E-state index < -0.39 is 0 Å². The predicted molar refractivity (Wildman–Crippen MR) is 167 cm³/mol. The molecule has 6 rings (SSSR count). The van der Waals surface area contributed by atoms with Crippen molar-refractivity contribution in [3.05, 3.63) is 72.4 Å². The standard InChI is InChI=1S/C32H36N8O4/c1-32(2,3)26-18-23(38-44-26)19-27(41)36-22-6-8-24(9-7-22)40-31-28(30(33)34-20-35-31)29(37-40)21-4-10-25(11-5-21)43-17-14-39-12-15-42-16-13-39/h4-11,18,20H,12-17,19H2,1-3H3,(H,36,41)(H2,33,34,35). The molecule has 12 nitrogen and oxygen atoms in total. The van der Waals surface area contributed by atoms with Crippen LogP contribution in [0.1, 0.15) is 32.2 Å². The van der Waals surface area contributed by atoms with Crippen molar-refractivity contribution in [1.29, 1.82) is 0 Å². The van der Waals surface area contributed by atoms with Crippen molar-refractivity contribution in [1.82, 2.24) is 29.8 Å². The van der Waals surface area contributed by atoms with Gasteiger partial charge in [0.15, 0.2) is 5.65 Å². The number of amides is 1. The summed E-state index contributed by atoms with van der Waals surface area (Å²) in [6.45, 7) is 11.0. The minimum absolute atomic E-state index is 0.113. The number of nitrogens with zero attached hydrogens (tertiary/aromatic N) is 6. The van der Waals surface area contributed by atoms with Gasteiger partial charge in [0.1, 0.15) is 36.0 Å². The van der Waals surface area contributed by atoms with Crippen LogP contribution in [-0.2, 0) is 21.4 Å². The summed E-state index contributed by atoms with van der Waals surface area (Å²) in [5.41, 5.74) is 10.2. The number of hydrogen-bond donors (Lipinski definition) is 2. The van der Waals surface area contributed by atoms with Gasteiger partial charge in [-0.25, -0.2) is 14.6 Å². The molecule has 0 bridgehead atoms. The van der Waals surface area contributed by atoms with Crippen molar-refractivity contribution in [2.75, 3.05) is 50.5 Å². The minimum Gasteiger partial charge on any atom is -0.492 e. The molecular weight excluding hydrogens is 560 g/mol. The van der Waals surface area contributed by atoms with Gasteiger partial charge in [0, 0.05) is 42.4 Å². The first-order valence-electron chi connectivity index (χ1n) is 14.6. The van der Waals surface area contributed by atoms with Crippen molar-refractivity contribution >= 4 is 28.4 Å². The van der Waals surface area contributed by atoms with Crippen molar-refractivity contribution < 1.29 is 18.8 Å². The molecule has 2 aromatic carbocycles. The van der Waals surface area contributed by atoms with Gasteiger partial charge in [0.25, 0.3) is 0 Å². The normalized spacial score (nSPS) is 14.2. The molecule has 0 radical (unpaired) electrons. The molecule has 1 amide bonds. The summed E-state index contributed by atoms with van der Waals surface area (Å²) in [4.78, 5) is 23.7. The Morgan fingerprint density at radius 2 is 1.80 bits per heavy atom. The number of nitrogens with two attached hydrogens (primary N) is 1. The molecule has 44 heavy (non-hydrogen) atoms. The summed E-state index contributed by atoms with van der Waals surface area (Å²) >= 11 is 0. The Morgan fingerprint density at radius 3 is 2.50 bits per heavy atom. The molecule has 1 saturated heterocycles. The molecule has 1 aliphatic rings. The van der Waals surface area contributed by atoms with Crippen LogP contribution in [0, 0.1) is 0 Å². The average molecular weight is 597 g/mol. The number of anilines is 2. The summed E-state index contributed by atoms with van der Waals surface area (Å²) < 4.78 is 18.5. The number of nitrogen functional groups attached to an aromatic ring is 1. The van der Waals surface area contributed by atoms with E-state index in [1.165, 1.54) is 6.33 Å². The fourth-order valence-corrected chi connectivity index (χ4v) is 4.99. The van der Waals surface area contributed by atoms with Crippen LogP contribution in [0.4, 0.5) is 11.5 Å². The third-order valence-corrected chi connectivity index (χ3v) is 7.44. The number of hydrogen-bond acceptors (Lipinski definition) is 10. The first-order valence-corrected chi connectivity index (χ1v) is 14.6. The van der Waals surface area contributed by atoms with Gasteiger partial charge in [-0.05, 0) is 48.5 Å². The zero-order valence-corrected chi connectivity index (χ0v) is 25.1. The lowest BCUT2D eigenvalue weighted by atomic mass is 9.93. The largest absolute Gasteiger partial charge is 0.492 e. The number of ether oxygens (including phenoxy) is 2. The van der Waals surface area contributed by atoms with Crippen molar-refractivity contribution in [3.63, 3.8) is 0 Å². The minimum atomic E-state index is -0.188. The summed E-state index contributed by atoms with van der Waals surface area (Å²) in [5, 5.41) is 12.5.